The number of nitrogens with one attached hydrogen (secondary N) is 2. The molecule has 2 N–H and O–H groups in total. The van der Waals surface area contributed by atoms with Gasteiger partial charge in [0.1, 0.15) is 0 Å². The topological polar surface area (TPSA) is 58.2 Å². The lowest BCUT2D eigenvalue weighted by Gasteiger charge is -2.14. The van der Waals surface area contributed by atoms with Crippen molar-refractivity contribution >= 4 is 23.2 Å². The second-order valence-electron chi connectivity index (χ2n) is 6.45. The molecule has 4 heteroatoms. The molecule has 24 heavy (non-hydrogen) atoms. The first-order valence-corrected chi connectivity index (χ1v) is 8.08. The van der Waals surface area contributed by atoms with Gasteiger partial charge in [-0.25, -0.2) is 0 Å². The Morgan fingerprint density at radius 1 is 0.917 bits per heavy atom. The highest BCUT2D eigenvalue weighted by atomic mass is 16.2. The molecule has 0 saturated heterocycles. The third-order valence-electron chi connectivity index (χ3n) is 3.83. The molecule has 0 fully saturated rings. The number of carbonyl (C=O) groups is 2. The quantitative estimate of drug-likeness (QED) is 0.872. The minimum atomic E-state index is -0.189. The molecule has 0 spiro atoms. The number of aryl methyl sites for hydroxylation is 3. The van der Waals surface area contributed by atoms with Crippen molar-refractivity contribution in [1.82, 2.24) is 0 Å². The van der Waals surface area contributed by atoms with Crippen LogP contribution in [0.5, 0.6) is 0 Å². The molecule has 0 aliphatic rings. The summed E-state index contributed by atoms with van der Waals surface area (Å²) in [4.78, 5) is 24.3. The van der Waals surface area contributed by atoms with Crippen molar-refractivity contribution in [3.05, 3.63) is 58.7 Å². The second kappa shape index (κ2) is 7.30. The van der Waals surface area contributed by atoms with Crippen LogP contribution in [0.3, 0.4) is 0 Å². The summed E-state index contributed by atoms with van der Waals surface area (Å²) >= 11 is 0. The Labute approximate surface area is 143 Å². The number of benzene rings is 2. The molecule has 2 aromatic rings. The molecule has 0 aliphatic carbocycles. The normalized spacial score (nSPS) is 10.6. The van der Waals surface area contributed by atoms with Gasteiger partial charge in [0, 0.05) is 22.9 Å². The maximum absolute atomic E-state index is 12.6. The summed E-state index contributed by atoms with van der Waals surface area (Å²) < 4.78 is 0. The summed E-state index contributed by atoms with van der Waals surface area (Å²) in [6.45, 7) is 9.65. The van der Waals surface area contributed by atoms with Gasteiger partial charge in [0.25, 0.3) is 5.91 Å². The Morgan fingerprint density at radius 3 is 2.12 bits per heavy atom. The monoisotopic (exact) mass is 324 g/mol. The molecule has 0 unspecified atom stereocenters. The number of amides is 2. The van der Waals surface area contributed by atoms with E-state index >= 15 is 0 Å². The highest BCUT2D eigenvalue weighted by Crippen LogP contribution is 2.23. The van der Waals surface area contributed by atoms with Crippen LogP contribution in [-0.2, 0) is 4.79 Å². The first kappa shape index (κ1) is 17.7. The zero-order valence-corrected chi connectivity index (χ0v) is 14.9. The zero-order chi connectivity index (χ0) is 17.9. The summed E-state index contributed by atoms with van der Waals surface area (Å²) in [5, 5.41) is 5.79. The summed E-state index contributed by atoms with van der Waals surface area (Å²) in [6.07, 6.45) is 0. The highest BCUT2D eigenvalue weighted by molar-refractivity contribution is 6.06. The number of rotatable bonds is 4. The van der Waals surface area contributed by atoms with Crippen molar-refractivity contribution in [2.75, 3.05) is 10.6 Å². The van der Waals surface area contributed by atoms with Gasteiger partial charge >= 0.3 is 0 Å². The molecule has 0 bridgehead atoms. The summed E-state index contributed by atoms with van der Waals surface area (Å²) in [5.41, 5.74) is 5.20. The van der Waals surface area contributed by atoms with E-state index in [1.54, 1.807) is 24.3 Å². The molecular formula is C20H24N2O2. The zero-order valence-electron chi connectivity index (χ0n) is 14.9. The number of hydrogen-bond acceptors (Lipinski definition) is 2. The average molecular weight is 324 g/mol. The van der Waals surface area contributed by atoms with E-state index < -0.39 is 0 Å². The fourth-order valence-electron chi connectivity index (χ4n) is 2.59. The minimum Gasteiger partial charge on any atom is -0.326 e. The van der Waals surface area contributed by atoms with Crippen LogP contribution < -0.4 is 10.6 Å². The van der Waals surface area contributed by atoms with Crippen LogP contribution in [0.4, 0.5) is 11.4 Å². The summed E-state index contributed by atoms with van der Waals surface area (Å²) in [7, 11) is 0. The maximum Gasteiger partial charge on any atom is 0.255 e. The predicted octanol–water partition coefficient (Wildman–Crippen LogP) is 4.46. The van der Waals surface area contributed by atoms with Crippen LogP contribution in [0, 0.1) is 26.7 Å². The molecule has 4 nitrogen and oxygen atoms in total. The maximum atomic E-state index is 12.6. The summed E-state index contributed by atoms with van der Waals surface area (Å²) in [5.74, 6) is -0.371. The molecule has 0 atom stereocenters. The van der Waals surface area contributed by atoms with Crippen molar-refractivity contribution in [1.29, 1.82) is 0 Å². The number of hydrogen-bond donors (Lipinski definition) is 2. The summed E-state index contributed by atoms with van der Waals surface area (Å²) in [6, 6.07) is 11.1. The lowest BCUT2D eigenvalue weighted by Crippen LogP contribution is -2.18. The molecule has 126 valence electrons. The molecule has 0 heterocycles. The van der Waals surface area contributed by atoms with E-state index in [4.69, 9.17) is 0 Å². The molecule has 2 aromatic carbocycles. The lowest BCUT2D eigenvalue weighted by atomic mass is 10.0. The third-order valence-corrected chi connectivity index (χ3v) is 3.83. The van der Waals surface area contributed by atoms with Gasteiger partial charge in [-0.15, -0.1) is 0 Å². The first-order chi connectivity index (χ1) is 11.3. The van der Waals surface area contributed by atoms with Gasteiger partial charge < -0.3 is 10.6 Å². The van der Waals surface area contributed by atoms with Gasteiger partial charge in [0.15, 0.2) is 0 Å². The van der Waals surface area contributed by atoms with E-state index in [1.807, 2.05) is 46.8 Å². The van der Waals surface area contributed by atoms with Gasteiger partial charge in [-0.1, -0.05) is 37.6 Å². The fourth-order valence-corrected chi connectivity index (χ4v) is 2.59. The van der Waals surface area contributed by atoms with Gasteiger partial charge in [-0.3, -0.25) is 9.59 Å². The van der Waals surface area contributed by atoms with Crippen LogP contribution in [0.1, 0.15) is 40.9 Å². The van der Waals surface area contributed by atoms with Crippen LogP contribution >= 0.6 is 0 Å². The first-order valence-electron chi connectivity index (χ1n) is 8.08. The Bertz CT molecular complexity index is 756. The lowest BCUT2D eigenvalue weighted by molar-refractivity contribution is -0.118. The van der Waals surface area contributed by atoms with Crippen molar-refractivity contribution in [3.63, 3.8) is 0 Å². The van der Waals surface area contributed by atoms with E-state index in [-0.39, 0.29) is 17.7 Å². The Balaban J connectivity index is 2.20. The minimum absolute atomic E-state index is 0.0715. The number of carbonyl (C=O) groups excluding carboxylic acids is 2. The van der Waals surface area contributed by atoms with Crippen LogP contribution in [0.2, 0.25) is 0 Å². The molecule has 2 rings (SSSR count). The Morgan fingerprint density at radius 2 is 1.54 bits per heavy atom. The van der Waals surface area contributed by atoms with Crippen molar-refractivity contribution in [2.45, 2.75) is 34.6 Å². The van der Waals surface area contributed by atoms with Crippen LogP contribution in [0.25, 0.3) is 0 Å². The number of anilines is 2. The van der Waals surface area contributed by atoms with Gasteiger partial charge in [0.05, 0.1) is 0 Å². The van der Waals surface area contributed by atoms with E-state index in [2.05, 4.69) is 10.6 Å². The molecule has 0 radical (unpaired) electrons. The standard InChI is InChI=1S/C20H24N2O2/c1-12(2)19(23)21-17-8-6-7-16(11-17)20(24)22-18-14(4)9-13(3)10-15(18)5/h6-12H,1-5H3,(H,21,23)(H,22,24). The van der Waals surface area contributed by atoms with E-state index in [9.17, 15) is 9.59 Å². The third kappa shape index (κ3) is 4.22. The SMILES string of the molecule is Cc1cc(C)c(NC(=O)c2cccc(NC(=O)C(C)C)c2)c(C)c1. The van der Waals surface area contributed by atoms with Crippen molar-refractivity contribution < 1.29 is 9.59 Å². The largest absolute Gasteiger partial charge is 0.326 e. The van der Waals surface area contributed by atoms with E-state index in [1.165, 1.54) is 5.56 Å². The van der Waals surface area contributed by atoms with Crippen LogP contribution in [0.15, 0.2) is 36.4 Å². The van der Waals surface area contributed by atoms with Gasteiger partial charge in [0.2, 0.25) is 5.91 Å². The molecule has 0 aromatic heterocycles. The van der Waals surface area contributed by atoms with Crippen molar-refractivity contribution in [2.24, 2.45) is 5.92 Å². The molecule has 0 aliphatic heterocycles. The van der Waals surface area contributed by atoms with Gasteiger partial charge in [-0.2, -0.15) is 0 Å². The Hall–Kier alpha value is -2.62. The van der Waals surface area contributed by atoms with E-state index in [0.717, 1.165) is 16.8 Å². The van der Waals surface area contributed by atoms with E-state index in [0.29, 0.717) is 11.3 Å². The highest BCUT2D eigenvalue weighted by Gasteiger charge is 2.12. The fraction of sp³-hybridized carbons (Fsp3) is 0.300. The average Bonchev–Trinajstić information content (AvgIpc) is 2.50. The molecular weight excluding hydrogens is 300 g/mol. The predicted molar refractivity (Wildman–Crippen MR) is 98.5 cm³/mol. The Kier molecular flexibility index (Phi) is 5.39. The smallest absolute Gasteiger partial charge is 0.255 e. The van der Waals surface area contributed by atoms with Crippen molar-refractivity contribution in [3.8, 4) is 0 Å². The van der Waals surface area contributed by atoms with Crippen LogP contribution in [-0.4, -0.2) is 11.8 Å². The molecule has 2 amide bonds. The second-order valence-corrected chi connectivity index (χ2v) is 6.45. The molecule has 0 saturated carbocycles. The van der Waals surface area contributed by atoms with Gasteiger partial charge in [-0.05, 0) is 50.1 Å².